The molecule has 0 aliphatic carbocycles. The first kappa shape index (κ1) is 29.8. The zero-order valence-electron chi connectivity index (χ0n) is 22.9. The molecule has 0 atom stereocenters. The van der Waals surface area contributed by atoms with E-state index >= 15 is 0 Å². The SMILES string of the molecule is C=C(C)C(=O)OCCCCCCCCCCCOc1ccc(/C=C(\C#N)c2ccc3c(c2)OCO3)cc1CO. The van der Waals surface area contributed by atoms with Crippen molar-refractivity contribution < 1.29 is 28.8 Å². The zero-order chi connectivity index (χ0) is 27.9. The van der Waals surface area contributed by atoms with Crippen LogP contribution < -0.4 is 14.2 Å². The average molecular weight is 534 g/mol. The molecule has 2 aromatic carbocycles. The molecule has 0 amide bonds. The lowest BCUT2D eigenvalue weighted by atomic mass is 10.0. The highest BCUT2D eigenvalue weighted by Crippen LogP contribution is 2.35. The number of carbonyl (C=O) groups is 1. The quantitative estimate of drug-likeness (QED) is 0.0770. The molecule has 1 aliphatic rings. The first-order chi connectivity index (χ1) is 19.0. The Morgan fingerprint density at radius 1 is 0.974 bits per heavy atom. The molecule has 7 nitrogen and oxygen atoms in total. The van der Waals surface area contributed by atoms with Crippen LogP contribution in [0.5, 0.6) is 17.2 Å². The highest BCUT2D eigenvalue weighted by atomic mass is 16.7. The van der Waals surface area contributed by atoms with Crippen molar-refractivity contribution in [2.75, 3.05) is 20.0 Å². The molecular weight excluding hydrogens is 494 g/mol. The molecule has 0 spiro atoms. The third kappa shape index (κ3) is 9.81. The highest BCUT2D eigenvalue weighted by molar-refractivity contribution is 5.90. The number of aliphatic hydroxyl groups is 1. The lowest BCUT2D eigenvalue weighted by molar-refractivity contribution is -0.139. The number of hydrogen-bond donors (Lipinski definition) is 1. The maximum absolute atomic E-state index is 11.3. The molecule has 0 unspecified atom stereocenters. The van der Waals surface area contributed by atoms with E-state index in [-0.39, 0.29) is 19.4 Å². The second-order valence-electron chi connectivity index (χ2n) is 9.71. The van der Waals surface area contributed by atoms with Crippen LogP contribution in [0.25, 0.3) is 11.6 Å². The molecule has 3 rings (SSSR count). The van der Waals surface area contributed by atoms with Crippen LogP contribution in [0.4, 0.5) is 0 Å². The van der Waals surface area contributed by atoms with Crippen LogP contribution in [0, 0.1) is 11.3 Å². The van der Waals surface area contributed by atoms with Gasteiger partial charge in [0.1, 0.15) is 5.75 Å². The van der Waals surface area contributed by atoms with Crippen LogP contribution in [0.1, 0.15) is 81.4 Å². The van der Waals surface area contributed by atoms with E-state index in [0.717, 1.165) is 43.2 Å². The van der Waals surface area contributed by atoms with Gasteiger partial charge in [0.2, 0.25) is 6.79 Å². The van der Waals surface area contributed by atoms with Crippen LogP contribution in [0.15, 0.2) is 48.6 Å². The van der Waals surface area contributed by atoms with Crippen molar-refractivity contribution in [1.82, 2.24) is 0 Å². The summed E-state index contributed by atoms with van der Waals surface area (Å²) in [6, 6.07) is 13.3. The van der Waals surface area contributed by atoms with Crippen molar-refractivity contribution in [3.63, 3.8) is 0 Å². The van der Waals surface area contributed by atoms with Gasteiger partial charge in [-0.25, -0.2) is 4.79 Å². The number of aliphatic hydroxyl groups excluding tert-OH is 1. The van der Waals surface area contributed by atoms with E-state index in [0.29, 0.717) is 47.2 Å². The minimum Gasteiger partial charge on any atom is -0.493 e. The highest BCUT2D eigenvalue weighted by Gasteiger charge is 2.15. The normalized spacial score (nSPS) is 12.2. The van der Waals surface area contributed by atoms with Crippen LogP contribution >= 0.6 is 0 Å². The number of nitrogens with zero attached hydrogens (tertiary/aromatic N) is 1. The summed E-state index contributed by atoms with van der Waals surface area (Å²) in [4.78, 5) is 11.3. The Hall–Kier alpha value is -3.76. The zero-order valence-corrected chi connectivity index (χ0v) is 22.9. The molecule has 1 aliphatic heterocycles. The van der Waals surface area contributed by atoms with E-state index < -0.39 is 0 Å². The first-order valence-corrected chi connectivity index (χ1v) is 13.7. The molecule has 2 aromatic rings. The van der Waals surface area contributed by atoms with Gasteiger partial charge in [-0.05, 0) is 67.3 Å². The summed E-state index contributed by atoms with van der Waals surface area (Å²) < 4.78 is 21.8. The molecule has 1 N–H and O–H groups in total. The Kier molecular flexibility index (Phi) is 12.4. The number of ether oxygens (including phenoxy) is 4. The molecule has 208 valence electrons. The number of esters is 1. The number of allylic oxidation sites excluding steroid dienone is 1. The Bertz CT molecular complexity index is 1180. The molecule has 0 aromatic heterocycles. The lowest BCUT2D eigenvalue weighted by Gasteiger charge is -2.11. The second kappa shape index (κ2) is 16.3. The van der Waals surface area contributed by atoms with Gasteiger partial charge in [0.05, 0.1) is 31.5 Å². The molecule has 0 radical (unpaired) electrons. The summed E-state index contributed by atoms with van der Waals surface area (Å²) in [5.74, 6) is 1.67. The standard InChI is InChI=1S/C32H39NO6/c1-24(2)32(35)37-17-11-9-7-5-3-4-6-8-10-16-36-29-14-12-25(19-28(29)22-34)18-27(21-33)26-13-15-30-31(20-26)39-23-38-30/h12-15,18-20,34H,1,3-11,16-17,22-23H2,2H3/b27-18+. The third-order valence-corrected chi connectivity index (χ3v) is 6.50. The molecule has 0 saturated carbocycles. The van der Waals surface area contributed by atoms with Gasteiger partial charge >= 0.3 is 5.97 Å². The van der Waals surface area contributed by atoms with E-state index in [2.05, 4.69) is 12.6 Å². The van der Waals surface area contributed by atoms with Crippen LogP contribution in [0.2, 0.25) is 0 Å². The molecule has 0 saturated heterocycles. The number of rotatable bonds is 17. The summed E-state index contributed by atoms with van der Waals surface area (Å²) in [5.41, 5.74) is 3.20. The second-order valence-corrected chi connectivity index (χ2v) is 9.71. The predicted octanol–water partition coefficient (Wildman–Crippen LogP) is 6.98. The maximum Gasteiger partial charge on any atom is 0.333 e. The lowest BCUT2D eigenvalue weighted by Crippen LogP contribution is -2.05. The van der Waals surface area contributed by atoms with Crippen molar-refractivity contribution in [1.29, 1.82) is 5.26 Å². The fourth-order valence-corrected chi connectivity index (χ4v) is 4.28. The van der Waals surface area contributed by atoms with E-state index in [4.69, 9.17) is 18.9 Å². The predicted molar refractivity (Wildman–Crippen MR) is 151 cm³/mol. The number of nitriles is 1. The van der Waals surface area contributed by atoms with Gasteiger partial charge in [0.25, 0.3) is 0 Å². The van der Waals surface area contributed by atoms with E-state index in [1.54, 1.807) is 25.1 Å². The van der Waals surface area contributed by atoms with Gasteiger partial charge < -0.3 is 24.1 Å². The topological polar surface area (TPSA) is 98.0 Å². The van der Waals surface area contributed by atoms with E-state index in [9.17, 15) is 15.2 Å². The smallest absolute Gasteiger partial charge is 0.333 e. The van der Waals surface area contributed by atoms with Crippen molar-refractivity contribution in [2.45, 2.75) is 71.3 Å². The van der Waals surface area contributed by atoms with Crippen LogP contribution in [0.3, 0.4) is 0 Å². The van der Waals surface area contributed by atoms with Gasteiger partial charge in [0.15, 0.2) is 11.5 Å². The van der Waals surface area contributed by atoms with Gasteiger partial charge in [-0.3, -0.25) is 0 Å². The van der Waals surface area contributed by atoms with Gasteiger partial charge in [-0.2, -0.15) is 5.26 Å². The molecule has 39 heavy (non-hydrogen) atoms. The molecule has 0 bridgehead atoms. The Labute approximate surface area is 231 Å². The van der Waals surface area contributed by atoms with Crippen LogP contribution in [-0.4, -0.2) is 31.1 Å². The van der Waals surface area contributed by atoms with Gasteiger partial charge in [0, 0.05) is 11.1 Å². The van der Waals surface area contributed by atoms with Crippen molar-refractivity contribution in [2.24, 2.45) is 0 Å². The summed E-state index contributed by atoms with van der Waals surface area (Å²) in [6.45, 7) is 6.36. The number of hydrogen-bond acceptors (Lipinski definition) is 7. The van der Waals surface area contributed by atoms with E-state index in [1.165, 1.54) is 25.7 Å². The van der Waals surface area contributed by atoms with Crippen molar-refractivity contribution in [3.05, 3.63) is 65.2 Å². The van der Waals surface area contributed by atoms with Crippen molar-refractivity contribution in [3.8, 4) is 23.3 Å². The van der Waals surface area contributed by atoms with Crippen LogP contribution in [-0.2, 0) is 16.1 Å². The molecule has 0 fully saturated rings. The summed E-state index contributed by atoms with van der Waals surface area (Å²) in [6.07, 6.45) is 11.8. The Morgan fingerprint density at radius 3 is 2.31 bits per heavy atom. The number of unbranched alkanes of at least 4 members (excludes halogenated alkanes) is 8. The summed E-state index contributed by atoms with van der Waals surface area (Å²) in [5, 5.41) is 19.6. The largest absolute Gasteiger partial charge is 0.493 e. The number of carbonyl (C=O) groups excluding carboxylic acids is 1. The minimum atomic E-state index is -0.302. The van der Waals surface area contributed by atoms with Crippen molar-refractivity contribution >= 4 is 17.6 Å². The summed E-state index contributed by atoms with van der Waals surface area (Å²) >= 11 is 0. The molecular formula is C32H39NO6. The summed E-state index contributed by atoms with van der Waals surface area (Å²) in [7, 11) is 0. The van der Waals surface area contributed by atoms with E-state index in [1.807, 2.05) is 24.3 Å². The maximum atomic E-state index is 11.3. The average Bonchev–Trinajstić information content (AvgIpc) is 3.42. The third-order valence-electron chi connectivity index (χ3n) is 6.50. The number of benzene rings is 2. The number of fused-ring (bicyclic) bond motifs is 1. The van der Waals surface area contributed by atoms with Gasteiger partial charge in [-0.1, -0.05) is 57.6 Å². The first-order valence-electron chi connectivity index (χ1n) is 13.7. The Morgan fingerprint density at radius 2 is 1.64 bits per heavy atom. The molecule has 7 heteroatoms. The monoisotopic (exact) mass is 533 g/mol. The fourth-order valence-electron chi connectivity index (χ4n) is 4.28. The minimum absolute atomic E-state index is 0.140. The Balaban J connectivity index is 1.33. The molecule has 1 heterocycles. The fraction of sp³-hybridized carbons (Fsp3) is 0.438. The van der Waals surface area contributed by atoms with Gasteiger partial charge in [-0.15, -0.1) is 0 Å².